The van der Waals surface area contributed by atoms with E-state index in [9.17, 15) is 13.2 Å². The standard InChI is InChI=1S/C15H18N4O5S/c1-10-7-18(8-13-16-17-14(9-24-2)19(10)13)25(22,23)12-5-3-11(4-6-12)15(20)21/h3-6,10H,7-9H2,1-2H3,(H,20,21)/t10-/m0/s1. The highest BCUT2D eigenvalue weighted by molar-refractivity contribution is 7.89. The summed E-state index contributed by atoms with van der Waals surface area (Å²) in [6.07, 6.45) is 0. The van der Waals surface area contributed by atoms with Crippen LogP contribution in [0.25, 0.3) is 0 Å². The monoisotopic (exact) mass is 366 g/mol. The van der Waals surface area contributed by atoms with E-state index in [0.717, 1.165) is 0 Å². The predicted octanol–water partition coefficient (Wildman–Crippen LogP) is 0.888. The number of hydrogen-bond acceptors (Lipinski definition) is 6. The molecule has 0 aliphatic carbocycles. The van der Waals surface area contributed by atoms with Gasteiger partial charge in [0.1, 0.15) is 12.4 Å². The Balaban J connectivity index is 1.89. The fraction of sp³-hybridized carbons (Fsp3) is 0.400. The van der Waals surface area contributed by atoms with Crippen molar-refractivity contribution < 1.29 is 23.1 Å². The van der Waals surface area contributed by atoms with Crippen molar-refractivity contribution in [1.29, 1.82) is 0 Å². The van der Waals surface area contributed by atoms with Gasteiger partial charge in [0.05, 0.1) is 17.0 Å². The van der Waals surface area contributed by atoms with Gasteiger partial charge in [-0.1, -0.05) is 0 Å². The minimum absolute atomic E-state index is 0.0370. The van der Waals surface area contributed by atoms with Gasteiger partial charge in [-0.3, -0.25) is 0 Å². The number of methoxy groups -OCH3 is 1. The average Bonchev–Trinajstić information content (AvgIpc) is 2.99. The van der Waals surface area contributed by atoms with E-state index in [1.165, 1.54) is 28.6 Å². The van der Waals surface area contributed by atoms with Crippen molar-refractivity contribution in [2.24, 2.45) is 0 Å². The first-order valence-corrected chi connectivity index (χ1v) is 9.03. The average molecular weight is 366 g/mol. The lowest BCUT2D eigenvalue weighted by Crippen LogP contribution is -2.40. The molecule has 0 spiro atoms. The molecule has 1 N–H and O–H groups in total. The minimum Gasteiger partial charge on any atom is -0.478 e. The van der Waals surface area contributed by atoms with Gasteiger partial charge < -0.3 is 14.4 Å². The minimum atomic E-state index is -3.76. The second-order valence-electron chi connectivity index (χ2n) is 5.81. The summed E-state index contributed by atoms with van der Waals surface area (Å²) in [6.45, 7) is 2.57. The van der Waals surface area contributed by atoms with Crippen molar-refractivity contribution in [2.45, 2.75) is 31.0 Å². The summed E-state index contributed by atoms with van der Waals surface area (Å²) in [5, 5.41) is 17.1. The molecule has 0 saturated carbocycles. The Hall–Kier alpha value is -2.30. The van der Waals surface area contributed by atoms with Crippen LogP contribution in [0, 0.1) is 0 Å². The van der Waals surface area contributed by atoms with E-state index in [1.807, 2.05) is 11.5 Å². The van der Waals surface area contributed by atoms with Gasteiger partial charge in [-0.15, -0.1) is 10.2 Å². The summed E-state index contributed by atoms with van der Waals surface area (Å²) >= 11 is 0. The third-order valence-electron chi connectivity index (χ3n) is 4.08. The SMILES string of the molecule is COCc1nnc2n1[C@@H](C)CN(S(=O)(=O)c1ccc(C(=O)O)cc1)C2. The largest absolute Gasteiger partial charge is 0.478 e. The van der Waals surface area contributed by atoms with E-state index in [1.54, 1.807) is 7.11 Å². The van der Waals surface area contributed by atoms with Gasteiger partial charge in [-0.05, 0) is 31.2 Å². The predicted molar refractivity (Wildman–Crippen MR) is 86.4 cm³/mol. The van der Waals surface area contributed by atoms with Crippen LogP contribution in [0.2, 0.25) is 0 Å². The molecular weight excluding hydrogens is 348 g/mol. The van der Waals surface area contributed by atoms with Gasteiger partial charge in [0.15, 0.2) is 5.82 Å². The molecule has 1 aliphatic rings. The van der Waals surface area contributed by atoms with Crippen LogP contribution in [0.5, 0.6) is 0 Å². The van der Waals surface area contributed by atoms with E-state index in [0.29, 0.717) is 18.3 Å². The normalized spacial score (nSPS) is 18.1. The number of carbonyl (C=O) groups is 1. The molecule has 0 saturated heterocycles. The van der Waals surface area contributed by atoms with Crippen molar-refractivity contribution in [3.63, 3.8) is 0 Å². The first-order valence-electron chi connectivity index (χ1n) is 7.59. The van der Waals surface area contributed by atoms with Crippen molar-refractivity contribution >= 4 is 16.0 Å². The van der Waals surface area contributed by atoms with Gasteiger partial charge in [0.25, 0.3) is 0 Å². The van der Waals surface area contributed by atoms with Crippen LogP contribution in [-0.2, 0) is 27.9 Å². The lowest BCUT2D eigenvalue weighted by Gasteiger charge is -2.31. The maximum absolute atomic E-state index is 12.9. The van der Waals surface area contributed by atoms with Gasteiger partial charge in [-0.25, -0.2) is 13.2 Å². The van der Waals surface area contributed by atoms with Crippen LogP contribution >= 0.6 is 0 Å². The number of aromatic nitrogens is 3. The molecule has 2 heterocycles. The van der Waals surface area contributed by atoms with Crippen molar-refractivity contribution in [3.8, 4) is 0 Å². The number of carboxylic acid groups (broad SMARTS) is 1. The Morgan fingerprint density at radius 1 is 1.32 bits per heavy atom. The number of benzene rings is 1. The summed E-state index contributed by atoms with van der Waals surface area (Å²) < 4.78 is 34.0. The van der Waals surface area contributed by atoms with Crippen LogP contribution in [0.4, 0.5) is 0 Å². The smallest absolute Gasteiger partial charge is 0.335 e. The molecule has 0 amide bonds. The molecule has 134 valence electrons. The van der Waals surface area contributed by atoms with Crippen LogP contribution in [0.3, 0.4) is 0 Å². The zero-order valence-corrected chi connectivity index (χ0v) is 14.6. The summed E-state index contributed by atoms with van der Waals surface area (Å²) in [7, 11) is -2.19. The van der Waals surface area contributed by atoms with E-state index in [-0.39, 0.29) is 29.6 Å². The summed E-state index contributed by atoms with van der Waals surface area (Å²) in [4.78, 5) is 11.0. The number of ether oxygens (including phenoxy) is 1. The molecule has 2 aromatic rings. The second-order valence-corrected chi connectivity index (χ2v) is 7.75. The number of sulfonamides is 1. The third kappa shape index (κ3) is 3.15. The highest BCUT2D eigenvalue weighted by atomic mass is 32.2. The lowest BCUT2D eigenvalue weighted by atomic mass is 10.2. The molecule has 3 rings (SSSR count). The lowest BCUT2D eigenvalue weighted by molar-refractivity contribution is 0.0696. The fourth-order valence-corrected chi connectivity index (χ4v) is 4.38. The molecule has 1 aliphatic heterocycles. The maximum atomic E-state index is 12.9. The van der Waals surface area contributed by atoms with Crippen molar-refractivity contribution in [3.05, 3.63) is 41.5 Å². The molecule has 0 fully saturated rings. The summed E-state index contributed by atoms with van der Waals surface area (Å²) in [5.74, 6) is 0.110. The number of hydrogen-bond donors (Lipinski definition) is 1. The number of rotatable bonds is 5. The van der Waals surface area contributed by atoms with Gasteiger partial charge in [0.2, 0.25) is 10.0 Å². The summed E-state index contributed by atoms with van der Waals surface area (Å²) in [6, 6.07) is 5.03. The molecule has 0 bridgehead atoms. The molecule has 25 heavy (non-hydrogen) atoms. The first kappa shape index (κ1) is 17.5. The molecule has 10 heteroatoms. The van der Waals surface area contributed by atoms with Crippen molar-refractivity contribution in [2.75, 3.05) is 13.7 Å². The molecule has 0 unspecified atom stereocenters. The topological polar surface area (TPSA) is 115 Å². The van der Waals surface area contributed by atoms with Crippen LogP contribution in [-0.4, -0.2) is 52.2 Å². The molecule has 1 aromatic heterocycles. The van der Waals surface area contributed by atoms with Crippen LogP contribution < -0.4 is 0 Å². The highest BCUT2D eigenvalue weighted by Gasteiger charge is 2.34. The van der Waals surface area contributed by atoms with E-state index in [4.69, 9.17) is 9.84 Å². The van der Waals surface area contributed by atoms with Crippen LogP contribution in [0.15, 0.2) is 29.2 Å². The molecule has 1 atom stereocenters. The number of aromatic carboxylic acids is 1. The zero-order valence-electron chi connectivity index (χ0n) is 13.8. The van der Waals surface area contributed by atoms with Crippen molar-refractivity contribution in [1.82, 2.24) is 19.1 Å². The van der Waals surface area contributed by atoms with Gasteiger partial charge >= 0.3 is 5.97 Å². The number of nitrogens with zero attached hydrogens (tertiary/aromatic N) is 4. The number of carboxylic acids is 1. The first-order chi connectivity index (χ1) is 11.8. The fourth-order valence-electron chi connectivity index (χ4n) is 2.91. The molecule has 1 aromatic carbocycles. The quantitative estimate of drug-likeness (QED) is 0.835. The molecular formula is C15H18N4O5S. The number of fused-ring (bicyclic) bond motifs is 1. The van der Waals surface area contributed by atoms with E-state index >= 15 is 0 Å². The third-order valence-corrected chi connectivity index (χ3v) is 5.90. The Morgan fingerprint density at radius 2 is 2.00 bits per heavy atom. The van der Waals surface area contributed by atoms with E-state index in [2.05, 4.69) is 10.2 Å². The van der Waals surface area contributed by atoms with E-state index < -0.39 is 16.0 Å². The van der Waals surface area contributed by atoms with Gasteiger partial charge in [-0.2, -0.15) is 4.31 Å². The van der Waals surface area contributed by atoms with Gasteiger partial charge in [0, 0.05) is 19.7 Å². The Bertz CT molecular complexity index is 891. The zero-order chi connectivity index (χ0) is 18.2. The maximum Gasteiger partial charge on any atom is 0.335 e. The highest BCUT2D eigenvalue weighted by Crippen LogP contribution is 2.27. The Kier molecular flexibility index (Phi) is 4.58. The second kappa shape index (κ2) is 6.54. The van der Waals surface area contributed by atoms with Crippen LogP contribution in [0.1, 0.15) is 35.0 Å². The Labute approximate surface area is 144 Å². The Morgan fingerprint density at radius 3 is 2.60 bits per heavy atom. The molecule has 9 nitrogen and oxygen atoms in total. The summed E-state index contributed by atoms with van der Waals surface area (Å²) in [5.41, 5.74) is 0.0370. The molecule has 0 radical (unpaired) electrons.